The van der Waals surface area contributed by atoms with Crippen LogP contribution in [0.25, 0.3) is 0 Å². The minimum absolute atomic E-state index is 0.0646. The summed E-state index contributed by atoms with van der Waals surface area (Å²) in [5, 5.41) is 44.8. The number of hydrogen-bond donors (Lipinski definition) is 4. The Hall–Kier alpha value is -2.17. The van der Waals surface area contributed by atoms with Gasteiger partial charge in [-0.05, 0) is 52.3 Å². The van der Waals surface area contributed by atoms with Gasteiger partial charge in [0.25, 0.3) is 0 Å². The van der Waals surface area contributed by atoms with Gasteiger partial charge in [-0.15, -0.1) is 5.10 Å². The number of rotatable bonds is 8. The van der Waals surface area contributed by atoms with Gasteiger partial charge in [0.2, 0.25) is 5.88 Å². The monoisotopic (exact) mass is 450 g/mol. The van der Waals surface area contributed by atoms with Gasteiger partial charge in [0.15, 0.2) is 12.4 Å². The Morgan fingerprint density at radius 2 is 1.72 bits per heavy atom. The Kier molecular flexibility index (Phi) is 7.79. The summed E-state index contributed by atoms with van der Waals surface area (Å²) in [4.78, 5) is 0. The molecular formula is C23H34N2O7. The molecule has 4 N–H and O–H groups in total. The zero-order valence-electron chi connectivity index (χ0n) is 19.2. The van der Waals surface area contributed by atoms with Gasteiger partial charge in [-0.2, -0.15) is 0 Å². The first kappa shape index (κ1) is 24.5. The third kappa shape index (κ3) is 5.24. The molecule has 5 atom stereocenters. The van der Waals surface area contributed by atoms with Gasteiger partial charge in [0, 0.05) is 23.7 Å². The van der Waals surface area contributed by atoms with Crippen molar-refractivity contribution in [3.05, 3.63) is 41.1 Å². The number of benzene rings is 1. The van der Waals surface area contributed by atoms with Crippen molar-refractivity contribution in [2.45, 2.75) is 83.9 Å². The number of ether oxygens (including phenoxy) is 3. The Morgan fingerprint density at radius 1 is 1.06 bits per heavy atom. The molecule has 9 heteroatoms. The highest BCUT2D eigenvalue weighted by Gasteiger charge is 2.45. The van der Waals surface area contributed by atoms with E-state index in [4.69, 9.17) is 14.2 Å². The molecule has 32 heavy (non-hydrogen) atoms. The number of hydrogen-bond acceptors (Lipinski definition) is 8. The van der Waals surface area contributed by atoms with Gasteiger partial charge in [-0.1, -0.05) is 12.1 Å². The van der Waals surface area contributed by atoms with E-state index in [2.05, 4.69) is 5.10 Å². The van der Waals surface area contributed by atoms with Crippen molar-refractivity contribution in [3.8, 4) is 11.6 Å². The summed E-state index contributed by atoms with van der Waals surface area (Å²) in [7, 11) is 0. The van der Waals surface area contributed by atoms with Crippen LogP contribution in [0.2, 0.25) is 0 Å². The molecule has 9 nitrogen and oxygen atoms in total. The van der Waals surface area contributed by atoms with Crippen molar-refractivity contribution in [3.63, 3.8) is 0 Å². The molecule has 1 aromatic carbocycles. The number of aliphatic hydroxyl groups excluding tert-OH is 4. The molecule has 1 fully saturated rings. The van der Waals surface area contributed by atoms with Crippen LogP contribution in [-0.4, -0.2) is 73.6 Å². The van der Waals surface area contributed by atoms with Gasteiger partial charge in [0.05, 0.1) is 12.7 Å². The molecular weight excluding hydrogens is 416 g/mol. The standard InChI is InChI=1S/C23H34N2O7/c1-12(2)25-14(5)17(10-15-6-8-16(9-7-15)30-13(3)4)22(24-25)32-21-20(28)19(27)18(11-26)31-23(21)29/h6-9,12-13,18-21,23,26-29H,10-11H2,1-5H3/t18-,19-,20+,21-,23?/m1/s1. The Labute approximate surface area is 188 Å². The highest BCUT2D eigenvalue weighted by Crippen LogP contribution is 2.31. The second-order valence-corrected chi connectivity index (χ2v) is 8.71. The van der Waals surface area contributed by atoms with Crippen LogP contribution in [0.4, 0.5) is 0 Å². The normalized spacial score (nSPS) is 26.0. The fourth-order valence-electron chi connectivity index (χ4n) is 3.82. The summed E-state index contributed by atoms with van der Waals surface area (Å²) < 4.78 is 18.6. The maximum absolute atomic E-state index is 10.5. The lowest BCUT2D eigenvalue weighted by atomic mass is 9.99. The second-order valence-electron chi connectivity index (χ2n) is 8.71. The van der Waals surface area contributed by atoms with E-state index in [9.17, 15) is 20.4 Å². The highest BCUT2D eigenvalue weighted by atomic mass is 16.7. The zero-order chi connectivity index (χ0) is 23.6. The lowest BCUT2D eigenvalue weighted by Gasteiger charge is -2.39. The molecule has 0 bridgehead atoms. The van der Waals surface area contributed by atoms with Crippen LogP contribution < -0.4 is 9.47 Å². The zero-order valence-corrected chi connectivity index (χ0v) is 19.2. The largest absolute Gasteiger partial charge is 0.491 e. The third-order valence-electron chi connectivity index (χ3n) is 5.49. The summed E-state index contributed by atoms with van der Waals surface area (Å²) >= 11 is 0. The summed E-state index contributed by atoms with van der Waals surface area (Å²) in [6, 6.07) is 7.82. The molecule has 1 saturated heterocycles. The first-order valence-electron chi connectivity index (χ1n) is 10.9. The number of aliphatic hydroxyl groups is 4. The van der Waals surface area contributed by atoms with E-state index < -0.39 is 37.3 Å². The van der Waals surface area contributed by atoms with E-state index in [0.717, 1.165) is 22.6 Å². The van der Waals surface area contributed by atoms with Crippen molar-refractivity contribution < 1.29 is 34.6 Å². The topological polar surface area (TPSA) is 126 Å². The summed E-state index contributed by atoms with van der Waals surface area (Å²) in [6.45, 7) is 9.33. The molecule has 0 radical (unpaired) electrons. The Balaban J connectivity index is 1.87. The minimum Gasteiger partial charge on any atom is -0.491 e. The summed E-state index contributed by atoms with van der Waals surface area (Å²) in [5.41, 5.74) is 2.71. The average molecular weight is 451 g/mol. The molecule has 1 unspecified atom stereocenters. The lowest BCUT2D eigenvalue weighted by Crippen LogP contribution is -2.60. The maximum atomic E-state index is 10.5. The van der Waals surface area contributed by atoms with E-state index in [-0.39, 0.29) is 18.0 Å². The molecule has 2 aromatic rings. The van der Waals surface area contributed by atoms with Crippen molar-refractivity contribution in [2.24, 2.45) is 0 Å². The van der Waals surface area contributed by atoms with E-state index in [1.807, 2.05) is 63.6 Å². The minimum atomic E-state index is -1.53. The van der Waals surface area contributed by atoms with E-state index in [1.54, 1.807) is 0 Å². The van der Waals surface area contributed by atoms with Crippen LogP contribution in [0.3, 0.4) is 0 Å². The Morgan fingerprint density at radius 3 is 2.28 bits per heavy atom. The van der Waals surface area contributed by atoms with Crippen LogP contribution in [-0.2, 0) is 11.2 Å². The fraction of sp³-hybridized carbons (Fsp3) is 0.609. The van der Waals surface area contributed by atoms with Crippen LogP contribution >= 0.6 is 0 Å². The molecule has 1 aromatic heterocycles. The van der Waals surface area contributed by atoms with Gasteiger partial charge < -0.3 is 34.6 Å². The molecule has 1 aliphatic heterocycles. The quantitative estimate of drug-likeness (QED) is 0.475. The van der Waals surface area contributed by atoms with Gasteiger partial charge in [-0.3, -0.25) is 4.68 Å². The number of nitrogens with zero attached hydrogens (tertiary/aromatic N) is 2. The summed E-state index contributed by atoms with van der Waals surface area (Å²) in [5.74, 6) is 1.04. The van der Waals surface area contributed by atoms with Crippen molar-refractivity contribution in [1.82, 2.24) is 9.78 Å². The molecule has 1 aliphatic rings. The Bertz CT molecular complexity index is 881. The van der Waals surface area contributed by atoms with E-state index in [0.29, 0.717) is 6.42 Å². The highest BCUT2D eigenvalue weighted by molar-refractivity contribution is 5.38. The SMILES string of the molecule is Cc1c(Cc2ccc(OC(C)C)cc2)c(O[C@H]2C(O)O[C@H](CO)[C@@H](O)[C@@H]2O)nn1C(C)C. The number of aromatic nitrogens is 2. The predicted octanol–water partition coefficient (Wildman–Crippen LogP) is 1.33. The predicted molar refractivity (Wildman–Crippen MR) is 117 cm³/mol. The molecule has 0 saturated carbocycles. The molecule has 2 heterocycles. The maximum Gasteiger partial charge on any atom is 0.237 e. The van der Waals surface area contributed by atoms with Crippen molar-refractivity contribution >= 4 is 0 Å². The third-order valence-corrected chi connectivity index (χ3v) is 5.49. The molecule has 3 rings (SSSR count). The van der Waals surface area contributed by atoms with Crippen LogP contribution in [0.1, 0.15) is 50.6 Å². The van der Waals surface area contributed by atoms with Crippen molar-refractivity contribution in [2.75, 3.05) is 6.61 Å². The molecule has 0 spiro atoms. The first-order valence-corrected chi connectivity index (χ1v) is 10.9. The first-order chi connectivity index (χ1) is 15.1. The van der Waals surface area contributed by atoms with Gasteiger partial charge in [-0.25, -0.2) is 0 Å². The fourth-order valence-corrected chi connectivity index (χ4v) is 3.82. The van der Waals surface area contributed by atoms with E-state index >= 15 is 0 Å². The molecule has 178 valence electrons. The van der Waals surface area contributed by atoms with Crippen LogP contribution in [0.15, 0.2) is 24.3 Å². The lowest BCUT2D eigenvalue weighted by molar-refractivity contribution is -0.281. The van der Waals surface area contributed by atoms with Gasteiger partial charge in [0.1, 0.15) is 24.1 Å². The van der Waals surface area contributed by atoms with Crippen LogP contribution in [0.5, 0.6) is 11.6 Å². The summed E-state index contributed by atoms with van der Waals surface area (Å²) in [6.07, 6.45) is -6.15. The van der Waals surface area contributed by atoms with Gasteiger partial charge >= 0.3 is 0 Å². The van der Waals surface area contributed by atoms with E-state index in [1.165, 1.54) is 0 Å². The van der Waals surface area contributed by atoms with Crippen LogP contribution in [0, 0.1) is 6.92 Å². The average Bonchev–Trinajstić information content (AvgIpc) is 3.04. The smallest absolute Gasteiger partial charge is 0.237 e. The molecule has 0 amide bonds. The molecule has 0 aliphatic carbocycles. The van der Waals surface area contributed by atoms with Crippen molar-refractivity contribution in [1.29, 1.82) is 0 Å². The second kappa shape index (κ2) is 10.2.